The van der Waals surface area contributed by atoms with Crippen molar-refractivity contribution in [3.05, 3.63) is 30.3 Å². The molecule has 0 amide bonds. The molecule has 0 aliphatic heterocycles. The number of carboxylic acid groups (broad SMARTS) is 1. The summed E-state index contributed by atoms with van der Waals surface area (Å²) in [5.41, 5.74) is 0. The van der Waals surface area contributed by atoms with Crippen LogP contribution < -0.4 is 4.74 Å². The minimum absolute atomic E-state index is 0.0234. The number of aliphatic hydroxyl groups is 1. The van der Waals surface area contributed by atoms with Crippen LogP contribution in [0.3, 0.4) is 0 Å². The van der Waals surface area contributed by atoms with Crippen LogP contribution in [0.25, 0.3) is 0 Å². The van der Waals surface area contributed by atoms with Crippen molar-refractivity contribution < 1.29 is 24.5 Å². The van der Waals surface area contributed by atoms with E-state index in [-0.39, 0.29) is 12.4 Å². The first-order chi connectivity index (χ1) is 7.08. The summed E-state index contributed by atoms with van der Waals surface area (Å²) in [6, 6.07) is 8.10. The number of carbonyl (C=O) groups is 1. The van der Waals surface area contributed by atoms with Gasteiger partial charge >= 0.3 is 11.9 Å². The average molecular weight is 212 g/mol. The van der Waals surface area contributed by atoms with Gasteiger partial charge < -0.3 is 19.7 Å². The van der Waals surface area contributed by atoms with E-state index in [0.717, 1.165) is 0 Å². The van der Waals surface area contributed by atoms with Crippen molar-refractivity contribution in [2.24, 2.45) is 0 Å². The molecule has 1 aromatic rings. The van der Waals surface area contributed by atoms with Gasteiger partial charge in [-0.25, -0.2) is 4.79 Å². The van der Waals surface area contributed by atoms with Gasteiger partial charge in [-0.05, 0) is 19.1 Å². The molecule has 0 radical (unpaired) electrons. The molecular weight excluding hydrogens is 200 g/mol. The highest BCUT2D eigenvalue weighted by molar-refractivity contribution is 5.74. The van der Waals surface area contributed by atoms with Gasteiger partial charge in [-0.15, -0.1) is 0 Å². The lowest BCUT2D eigenvalue weighted by molar-refractivity contribution is -0.306. The van der Waals surface area contributed by atoms with Gasteiger partial charge in [-0.3, -0.25) is 0 Å². The highest BCUT2D eigenvalue weighted by Gasteiger charge is 2.40. The van der Waals surface area contributed by atoms with E-state index in [4.69, 9.17) is 9.84 Å². The Hall–Kier alpha value is -1.59. The highest BCUT2D eigenvalue weighted by Crippen LogP contribution is 2.17. The standard InChI is InChI=1S/C10H12O5/c1-2-14-10(13,9(11)12)15-8-6-4-3-5-7-8/h3-7,13H,2H2,1H3,(H,11,12). The molecule has 1 unspecified atom stereocenters. The summed E-state index contributed by atoms with van der Waals surface area (Å²) in [4.78, 5) is 10.7. The molecule has 0 aromatic heterocycles. The van der Waals surface area contributed by atoms with Gasteiger partial charge in [-0.1, -0.05) is 18.2 Å². The number of benzene rings is 1. The van der Waals surface area contributed by atoms with Crippen LogP contribution in [0, 0.1) is 0 Å². The summed E-state index contributed by atoms with van der Waals surface area (Å²) in [5.74, 6) is -4.00. The summed E-state index contributed by atoms with van der Waals surface area (Å²) in [6.07, 6.45) is 0. The van der Waals surface area contributed by atoms with E-state index in [1.54, 1.807) is 25.1 Å². The predicted octanol–water partition coefficient (Wildman–Crippen LogP) is 0.833. The fraction of sp³-hybridized carbons (Fsp3) is 0.300. The smallest absolute Gasteiger partial charge is 0.429 e. The summed E-state index contributed by atoms with van der Waals surface area (Å²) < 4.78 is 9.47. The van der Waals surface area contributed by atoms with Crippen LogP contribution in [0.1, 0.15) is 6.92 Å². The molecule has 0 saturated carbocycles. The van der Waals surface area contributed by atoms with Gasteiger partial charge in [-0.2, -0.15) is 0 Å². The quantitative estimate of drug-likeness (QED) is 0.707. The van der Waals surface area contributed by atoms with E-state index in [1.807, 2.05) is 0 Å². The fourth-order valence-corrected chi connectivity index (χ4v) is 0.979. The summed E-state index contributed by atoms with van der Waals surface area (Å²) in [5, 5.41) is 18.2. The van der Waals surface area contributed by atoms with E-state index in [1.165, 1.54) is 12.1 Å². The number of carboxylic acids is 1. The van der Waals surface area contributed by atoms with Crippen molar-refractivity contribution in [2.45, 2.75) is 12.9 Å². The molecule has 0 fully saturated rings. The van der Waals surface area contributed by atoms with E-state index >= 15 is 0 Å². The van der Waals surface area contributed by atoms with Crippen LogP contribution in [0.15, 0.2) is 30.3 Å². The van der Waals surface area contributed by atoms with Crippen molar-refractivity contribution >= 4 is 5.97 Å². The molecule has 0 saturated heterocycles. The van der Waals surface area contributed by atoms with Gasteiger partial charge in [0.05, 0.1) is 6.61 Å². The Balaban J connectivity index is 2.80. The second-order valence-electron chi connectivity index (χ2n) is 2.74. The van der Waals surface area contributed by atoms with Crippen molar-refractivity contribution in [1.82, 2.24) is 0 Å². The van der Waals surface area contributed by atoms with Crippen molar-refractivity contribution in [3.8, 4) is 5.75 Å². The molecule has 5 nitrogen and oxygen atoms in total. The van der Waals surface area contributed by atoms with Crippen molar-refractivity contribution in [3.63, 3.8) is 0 Å². The average Bonchev–Trinajstić information content (AvgIpc) is 2.19. The second-order valence-corrected chi connectivity index (χ2v) is 2.74. The number of ether oxygens (including phenoxy) is 2. The van der Waals surface area contributed by atoms with Crippen LogP contribution in [-0.4, -0.2) is 28.8 Å². The zero-order chi connectivity index (χ0) is 11.3. The molecule has 5 heteroatoms. The third-order valence-corrected chi connectivity index (χ3v) is 1.61. The van der Waals surface area contributed by atoms with E-state index in [0.29, 0.717) is 0 Å². The molecule has 0 aliphatic rings. The van der Waals surface area contributed by atoms with Crippen LogP contribution >= 0.6 is 0 Å². The Morgan fingerprint density at radius 2 is 2.00 bits per heavy atom. The number of hydrogen-bond acceptors (Lipinski definition) is 4. The molecule has 0 spiro atoms. The highest BCUT2D eigenvalue weighted by atomic mass is 16.8. The van der Waals surface area contributed by atoms with Crippen molar-refractivity contribution in [1.29, 1.82) is 0 Å². The normalized spacial score (nSPS) is 14.3. The lowest BCUT2D eigenvalue weighted by Gasteiger charge is -2.23. The van der Waals surface area contributed by atoms with E-state index < -0.39 is 11.9 Å². The van der Waals surface area contributed by atoms with Gasteiger partial charge in [0.1, 0.15) is 5.75 Å². The number of hydrogen-bond donors (Lipinski definition) is 2. The molecule has 2 N–H and O–H groups in total. The first kappa shape index (κ1) is 11.5. The molecule has 0 aliphatic carbocycles. The first-order valence-electron chi connectivity index (χ1n) is 4.42. The Kier molecular flexibility index (Phi) is 3.65. The maximum Gasteiger partial charge on any atom is 0.429 e. The van der Waals surface area contributed by atoms with Gasteiger partial charge in [0.25, 0.3) is 0 Å². The predicted molar refractivity (Wildman–Crippen MR) is 51.3 cm³/mol. The van der Waals surface area contributed by atoms with Crippen LogP contribution in [-0.2, 0) is 9.53 Å². The Morgan fingerprint density at radius 3 is 2.47 bits per heavy atom. The number of para-hydroxylation sites is 1. The molecule has 1 rings (SSSR count). The first-order valence-corrected chi connectivity index (χ1v) is 4.42. The summed E-state index contributed by atoms with van der Waals surface area (Å²) in [6.45, 7) is 1.58. The second kappa shape index (κ2) is 4.77. The van der Waals surface area contributed by atoms with Crippen LogP contribution in [0.5, 0.6) is 5.75 Å². The van der Waals surface area contributed by atoms with Gasteiger partial charge in [0, 0.05) is 0 Å². The zero-order valence-corrected chi connectivity index (χ0v) is 8.21. The lowest BCUT2D eigenvalue weighted by Crippen LogP contribution is -2.47. The Morgan fingerprint density at radius 1 is 1.40 bits per heavy atom. The largest absolute Gasteiger partial charge is 0.474 e. The molecule has 15 heavy (non-hydrogen) atoms. The zero-order valence-electron chi connectivity index (χ0n) is 8.21. The fourth-order valence-electron chi connectivity index (χ4n) is 0.979. The molecule has 0 heterocycles. The number of aliphatic carboxylic acids is 1. The maximum atomic E-state index is 10.7. The maximum absolute atomic E-state index is 10.7. The minimum Gasteiger partial charge on any atom is -0.474 e. The van der Waals surface area contributed by atoms with E-state index in [9.17, 15) is 9.90 Å². The molecular formula is C10H12O5. The summed E-state index contributed by atoms with van der Waals surface area (Å²) >= 11 is 0. The SMILES string of the molecule is CCOC(O)(Oc1ccccc1)C(=O)O. The molecule has 0 bridgehead atoms. The Labute approximate surface area is 86.9 Å². The van der Waals surface area contributed by atoms with Crippen LogP contribution in [0.2, 0.25) is 0 Å². The third kappa shape index (κ3) is 2.93. The summed E-state index contributed by atoms with van der Waals surface area (Å²) in [7, 11) is 0. The van der Waals surface area contributed by atoms with Gasteiger partial charge in [0.15, 0.2) is 0 Å². The minimum atomic E-state index is -2.63. The monoisotopic (exact) mass is 212 g/mol. The number of rotatable bonds is 5. The topological polar surface area (TPSA) is 76.0 Å². The van der Waals surface area contributed by atoms with E-state index in [2.05, 4.69) is 4.74 Å². The Bertz CT molecular complexity index is 324. The van der Waals surface area contributed by atoms with Gasteiger partial charge in [0.2, 0.25) is 0 Å². The molecule has 1 aromatic carbocycles. The molecule has 1 atom stereocenters. The lowest BCUT2D eigenvalue weighted by atomic mass is 10.3. The third-order valence-electron chi connectivity index (χ3n) is 1.61. The van der Waals surface area contributed by atoms with Crippen LogP contribution in [0.4, 0.5) is 0 Å². The molecule has 82 valence electrons. The van der Waals surface area contributed by atoms with Crippen molar-refractivity contribution in [2.75, 3.05) is 6.61 Å².